The van der Waals surface area contributed by atoms with Gasteiger partial charge in [0.1, 0.15) is 11.6 Å². The van der Waals surface area contributed by atoms with Crippen LogP contribution in [0.15, 0.2) is 65.7 Å². The number of nitrogens with zero attached hydrogens (tertiary/aromatic N) is 3. The number of halogens is 2. The van der Waals surface area contributed by atoms with Gasteiger partial charge in [0.2, 0.25) is 5.91 Å². The van der Waals surface area contributed by atoms with E-state index in [2.05, 4.69) is 9.97 Å². The van der Waals surface area contributed by atoms with Gasteiger partial charge in [0.15, 0.2) is 15.0 Å². The normalized spacial score (nSPS) is 11.6. The highest BCUT2D eigenvalue weighted by molar-refractivity contribution is 7.92. The van der Waals surface area contributed by atoms with Crippen LogP contribution in [0.5, 0.6) is 0 Å². The van der Waals surface area contributed by atoms with E-state index >= 15 is 0 Å². The van der Waals surface area contributed by atoms with E-state index in [1.807, 2.05) is 13.0 Å². The first-order chi connectivity index (χ1) is 15.2. The summed E-state index contributed by atoms with van der Waals surface area (Å²) >= 11 is 7.47. The molecule has 0 fully saturated rings. The smallest absolute Gasteiger partial charge is 0.244 e. The molecule has 0 aliphatic carbocycles. The minimum absolute atomic E-state index is 0.0468. The Morgan fingerprint density at radius 1 is 1.12 bits per heavy atom. The lowest BCUT2D eigenvalue weighted by atomic mass is 10.2. The Morgan fingerprint density at radius 3 is 2.56 bits per heavy atom. The summed E-state index contributed by atoms with van der Waals surface area (Å²) < 4.78 is 39.6. The fraction of sp³-hybridized carbons (Fsp3) is 0.136. The number of carbonyl (C=O) groups excluding carboxylic acids is 1. The number of carbonyl (C=O) groups is 1. The van der Waals surface area contributed by atoms with Crippen LogP contribution in [0, 0.1) is 12.7 Å². The average Bonchev–Trinajstić information content (AvgIpc) is 3.20. The summed E-state index contributed by atoms with van der Waals surface area (Å²) in [5, 5.41) is 0.895. The van der Waals surface area contributed by atoms with Gasteiger partial charge in [-0.05, 0) is 61.0 Å². The minimum Gasteiger partial charge on any atom is -0.281 e. The molecule has 0 radical (unpaired) electrons. The minimum atomic E-state index is -3.99. The first-order valence-corrected chi connectivity index (χ1v) is 12.3. The van der Waals surface area contributed by atoms with Gasteiger partial charge in [0.25, 0.3) is 0 Å². The average molecular weight is 490 g/mol. The molecular weight excluding hydrogens is 473 g/mol. The number of hydrogen-bond donors (Lipinski definition) is 0. The second-order valence-electron chi connectivity index (χ2n) is 7.03. The summed E-state index contributed by atoms with van der Waals surface area (Å²) in [5.41, 5.74) is 2.00. The number of hydrogen-bond acceptors (Lipinski definition) is 6. The van der Waals surface area contributed by atoms with Crippen molar-refractivity contribution in [1.29, 1.82) is 0 Å². The van der Waals surface area contributed by atoms with Crippen LogP contribution in [-0.2, 0) is 21.2 Å². The molecule has 32 heavy (non-hydrogen) atoms. The third-order valence-electron chi connectivity index (χ3n) is 4.80. The zero-order valence-corrected chi connectivity index (χ0v) is 19.2. The van der Waals surface area contributed by atoms with E-state index in [-0.39, 0.29) is 11.4 Å². The summed E-state index contributed by atoms with van der Waals surface area (Å²) in [5.74, 6) is -2.01. The van der Waals surface area contributed by atoms with E-state index in [0.717, 1.165) is 34.5 Å². The van der Waals surface area contributed by atoms with Crippen LogP contribution in [0.2, 0.25) is 5.02 Å². The zero-order chi connectivity index (χ0) is 22.9. The van der Waals surface area contributed by atoms with Crippen molar-refractivity contribution >= 4 is 54.0 Å². The largest absolute Gasteiger partial charge is 0.281 e. The lowest BCUT2D eigenvalue weighted by Crippen LogP contribution is -2.35. The molecule has 0 saturated heterocycles. The Bertz CT molecular complexity index is 1390. The topological polar surface area (TPSA) is 80.2 Å². The number of aromatic nitrogens is 2. The molecule has 0 spiro atoms. The molecule has 0 bridgehead atoms. The van der Waals surface area contributed by atoms with E-state index in [9.17, 15) is 17.6 Å². The fourth-order valence-electron chi connectivity index (χ4n) is 3.09. The lowest BCUT2D eigenvalue weighted by molar-refractivity contribution is -0.116. The van der Waals surface area contributed by atoms with Crippen molar-refractivity contribution in [2.75, 3.05) is 10.7 Å². The molecule has 4 rings (SSSR count). The molecule has 2 heterocycles. The predicted octanol–water partition coefficient (Wildman–Crippen LogP) is 4.80. The van der Waals surface area contributed by atoms with E-state index in [4.69, 9.17) is 11.6 Å². The summed E-state index contributed by atoms with van der Waals surface area (Å²) in [6, 6.07) is 13.2. The predicted molar refractivity (Wildman–Crippen MR) is 123 cm³/mol. The summed E-state index contributed by atoms with van der Waals surface area (Å²) in [4.78, 5) is 23.2. The standard InChI is InChI=1S/C22H17ClFN3O3S2/c1-14-18(23)9-10-19-21(14)26-22(31-19)27(12-16-4-2-3-11-25-16)20(28)13-32(29,30)17-7-5-15(24)6-8-17/h2-11H,12-13H2,1H3. The lowest BCUT2D eigenvalue weighted by Gasteiger charge is -2.19. The number of anilines is 1. The van der Waals surface area contributed by atoms with Crippen molar-refractivity contribution in [2.24, 2.45) is 0 Å². The van der Waals surface area contributed by atoms with Crippen molar-refractivity contribution in [1.82, 2.24) is 9.97 Å². The van der Waals surface area contributed by atoms with Gasteiger partial charge in [-0.1, -0.05) is 29.0 Å². The first-order valence-electron chi connectivity index (χ1n) is 9.49. The van der Waals surface area contributed by atoms with Crippen LogP contribution in [0.4, 0.5) is 9.52 Å². The van der Waals surface area contributed by atoms with E-state index < -0.39 is 27.3 Å². The van der Waals surface area contributed by atoms with Crippen molar-refractivity contribution in [3.05, 3.63) is 82.9 Å². The Morgan fingerprint density at radius 2 is 1.88 bits per heavy atom. The third-order valence-corrected chi connectivity index (χ3v) is 7.87. The number of pyridine rings is 1. The van der Waals surface area contributed by atoms with E-state index in [1.54, 1.807) is 30.5 Å². The molecule has 10 heteroatoms. The van der Waals surface area contributed by atoms with Gasteiger partial charge >= 0.3 is 0 Å². The second-order valence-corrected chi connectivity index (χ2v) is 10.4. The van der Waals surface area contributed by atoms with Gasteiger partial charge in [-0.3, -0.25) is 14.7 Å². The van der Waals surface area contributed by atoms with Gasteiger partial charge in [-0.2, -0.15) is 0 Å². The van der Waals surface area contributed by atoms with Crippen molar-refractivity contribution in [3.63, 3.8) is 0 Å². The van der Waals surface area contributed by atoms with Gasteiger partial charge in [-0.25, -0.2) is 17.8 Å². The van der Waals surface area contributed by atoms with E-state index in [0.29, 0.717) is 21.4 Å². The maximum atomic E-state index is 13.2. The molecule has 4 aromatic rings. The van der Waals surface area contributed by atoms with Gasteiger partial charge in [-0.15, -0.1) is 0 Å². The summed E-state index contributed by atoms with van der Waals surface area (Å²) in [6.07, 6.45) is 1.59. The van der Waals surface area contributed by atoms with E-state index in [1.165, 1.54) is 16.2 Å². The number of benzene rings is 2. The molecule has 0 atom stereocenters. The highest BCUT2D eigenvalue weighted by Crippen LogP contribution is 2.34. The molecule has 1 amide bonds. The Balaban J connectivity index is 1.71. The molecular formula is C22H17ClFN3O3S2. The number of amides is 1. The molecule has 164 valence electrons. The Hall–Kier alpha value is -2.88. The number of thiazole rings is 1. The second kappa shape index (κ2) is 8.93. The van der Waals surface area contributed by atoms with Crippen molar-refractivity contribution in [2.45, 2.75) is 18.4 Å². The summed E-state index contributed by atoms with van der Waals surface area (Å²) in [7, 11) is -3.99. The number of sulfone groups is 1. The fourth-order valence-corrected chi connectivity index (χ4v) is 5.48. The molecule has 0 unspecified atom stereocenters. The van der Waals surface area contributed by atoms with Gasteiger partial charge in [0.05, 0.1) is 27.4 Å². The van der Waals surface area contributed by atoms with Gasteiger partial charge < -0.3 is 0 Å². The molecule has 0 saturated carbocycles. The van der Waals surface area contributed by atoms with Crippen molar-refractivity contribution < 1.29 is 17.6 Å². The molecule has 2 aromatic heterocycles. The maximum absolute atomic E-state index is 13.2. The maximum Gasteiger partial charge on any atom is 0.244 e. The summed E-state index contributed by atoms with van der Waals surface area (Å²) in [6.45, 7) is 1.88. The van der Waals surface area contributed by atoms with Crippen molar-refractivity contribution in [3.8, 4) is 0 Å². The third kappa shape index (κ3) is 4.64. The van der Waals surface area contributed by atoms with Crippen LogP contribution < -0.4 is 4.90 Å². The van der Waals surface area contributed by atoms with Crippen LogP contribution in [0.3, 0.4) is 0 Å². The molecule has 2 aromatic carbocycles. The van der Waals surface area contributed by atoms with Crippen LogP contribution in [0.25, 0.3) is 10.2 Å². The number of aryl methyl sites for hydroxylation is 1. The quantitative estimate of drug-likeness (QED) is 0.363. The number of fused-ring (bicyclic) bond motifs is 1. The highest BCUT2D eigenvalue weighted by Gasteiger charge is 2.27. The monoisotopic (exact) mass is 489 g/mol. The van der Waals surface area contributed by atoms with Crippen LogP contribution in [-0.4, -0.2) is 30.0 Å². The molecule has 0 aliphatic rings. The SMILES string of the molecule is Cc1c(Cl)ccc2sc(N(Cc3ccccn3)C(=O)CS(=O)(=O)c3ccc(F)cc3)nc12. The van der Waals surface area contributed by atoms with Crippen LogP contribution >= 0.6 is 22.9 Å². The zero-order valence-electron chi connectivity index (χ0n) is 16.8. The molecule has 0 N–H and O–H groups in total. The first kappa shape index (κ1) is 22.3. The highest BCUT2D eigenvalue weighted by atomic mass is 35.5. The Labute approximate surface area is 193 Å². The van der Waals surface area contributed by atoms with Gasteiger partial charge in [0, 0.05) is 11.2 Å². The number of rotatable bonds is 6. The van der Waals surface area contributed by atoms with Crippen LogP contribution in [0.1, 0.15) is 11.3 Å². The molecule has 0 aliphatic heterocycles. The molecule has 6 nitrogen and oxygen atoms in total. The Kier molecular flexibility index (Phi) is 6.23.